The minimum atomic E-state index is -0.671. The number of aliphatic hydroxyl groups excluding tert-OH is 1. The standard InChI is InChI=1S/C15H20N2O3/c16-12-14(11-13-5-2-1-3-6-13)15(19)17-7-4-9-20-10-8-18/h1-3,5-6,14,18H,4,7-11H2,(H,17,19). The maximum Gasteiger partial charge on any atom is 0.237 e. The van der Waals surface area contributed by atoms with Crippen molar-refractivity contribution < 1.29 is 14.6 Å². The van der Waals surface area contributed by atoms with Crippen molar-refractivity contribution in [3.63, 3.8) is 0 Å². The van der Waals surface area contributed by atoms with Gasteiger partial charge >= 0.3 is 0 Å². The molecule has 0 aromatic heterocycles. The second kappa shape index (κ2) is 9.96. The van der Waals surface area contributed by atoms with Crippen molar-refractivity contribution in [1.29, 1.82) is 5.26 Å². The van der Waals surface area contributed by atoms with E-state index in [9.17, 15) is 4.79 Å². The van der Waals surface area contributed by atoms with E-state index in [1.165, 1.54) is 0 Å². The smallest absolute Gasteiger partial charge is 0.237 e. The van der Waals surface area contributed by atoms with Gasteiger partial charge in [-0.1, -0.05) is 30.3 Å². The number of ether oxygens (including phenoxy) is 1. The van der Waals surface area contributed by atoms with Crippen LogP contribution in [0.4, 0.5) is 0 Å². The minimum Gasteiger partial charge on any atom is -0.394 e. The average molecular weight is 276 g/mol. The zero-order valence-electron chi connectivity index (χ0n) is 11.4. The summed E-state index contributed by atoms with van der Waals surface area (Å²) in [6, 6.07) is 11.5. The fourth-order valence-corrected chi connectivity index (χ4v) is 1.72. The highest BCUT2D eigenvalue weighted by atomic mass is 16.5. The number of nitrogens with one attached hydrogen (secondary N) is 1. The molecule has 0 heterocycles. The Balaban J connectivity index is 2.28. The lowest BCUT2D eigenvalue weighted by atomic mass is 10.00. The normalized spacial score (nSPS) is 11.6. The Morgan fingerprint density at radius 3 is 2.75 bits per heavy atom. The first-order chi connectivity index (χ1) is 9.77. The predicted molar refractivity (Wildman–Crippen MR) is 74.8 cm³/mol. The van der Waals surface area contributed by atoms with Crippen molar-refractivity contribution in [1.82, 2.24) is 5.32 Å². The molecule has 0 saturated carbocycles. The largest absolute Gasteiger partial charge is 0.394 e. The molecular weight excluding hydrogens is 256 g/mol. The molecule has 0 saturated heterocycles. The van der Waals surface area contributed by atoms with Crippen molar-refractivity contribution in [3.05, 3.63) is 35.9 Å². The third-order valence-corrected chi connectivity index (χ3v) is 2.76. The lowest BCUT2D eigenvalue weighted by Crippen LogP contribution is -2.32. The zero-order chi connectivity index (χ0) is 14.6. The second-order valence-corrected chi connectivity index (χ2v) is 4.35. The maximum absolute atomic E-state index is 11.9. The van der Waals surface area contributed by atoms with Gasteiger partial charge in [0.2, 0.25) is 5.91 Å². The molecule has 0 aliphatic heterocycles. The number of hydrogen-bond acceptors (Lipinski definition) is 4. The summed E-state index contributed by atoms with van der Waals surface area (Å²) < 4.78 is 5.08. The Morgan fingerprint density at radius 2 is 2.10 bits per heavy atom. The van der Waals surface area contributed by atoms with Crippen molar-refractivity contribution in [2.24, 2.45) is 5.92 Å². The molecule has 108 valence electrons. The Morgan fingerprint density at radius 1 is 1.35 bits per heavy atom. The first-order valence-corrected chi connectivity index (χ1v) is 6.67. The summed E-state index contributed by atoms with van der Waals surface area (Å²) in [6.07, 6.45) is 1.08. The van der Waals surface area contributed by atoms with Gasteiger partial charge in [-0.3, -0.25) is 4.79 Å². The van der Waals surface area contributed by atoms with E-state index in [2.05, 4.69) is 5.32 Å². The predicted octanol–water partition coefficient (Wildman–Crippen LogP) is 0.884. The molecule has 1 atom stereocenters. The summed E-state index contributed by atoms with van der Waals surface area (Å²) in [5.74, 6) is -0.922. The Kier molecular flexibility index (Phi) is 8.04. The van der Waals surface area contributed by atoms with Crippen LogP contribution >= 0.6 is 0 Å². The first-order valence-electron chi connectivity index (χ1n) is 6.67. The van der Waals surface area contributed by atoms with Crippen LogP contribution in [-0.4, -0.2) is 37.4 Å². The number of rotatable bonds is 9. The molecule has 5 heteroatoms. The van der Waals surface area contributed by atoms with Gasteiger partial charge in [0.05, 0.1) is 19.3 Å². The van der Waals surface area contributed by atoms with Gasteiger partial charge in [0.15, 0.2) is 0 Å². The minimum absolute atomic E-state index is 0.0000583. The van der Waals surface area contributed by atoms with E-state index in [1.54, 1.807) is 0 Å². The summed E-state index contributed by atoms with van der Waals surface area (Å²) >= 11 is 0. The molecule has 0 bridgehead atoms. The molecule has 2 N–H and O–H groups in total. The second-order valence-electron chi connectivity index (χ2n) is 4.35. The van der Waals surface area contributed by atoms with Crippen LogP contribution in [0, 0.1) is 17.2 Å². The molecule has 5 nitrogen and oxygen atoms in total. The summed E-state index contributed by atoms with van der Waals surface area (Å²) in [5.41, 5.74) is 0.973. The van der Waals surface area contributed by atoms with Crippen LogP contribution < -0.4 is 5.32 Å². The van der Waals surface area contributed by atoms with Crippen molar-refractivity contribution in [2.45, 2.75) is 12.8 Å². The maximum atomic E-state index is 11.9. The number of nitriles is 1. The fourth-order valence-electron chi connectivity index (χ4n) is 1.72. The topological polar surface area (TPSA) is 82.4 Å². The van der Waals surface area contributed by atoms with Gasteiger partial charge in [0.25, 0.3) is 0 Å². The number of hydrogen-bond donors (Lipinski definition) is 2. The molecular formula is C15H20N2O3. The molecule has 0 spiro atoms. The number of carbonyl (C=O) groups excluding carboxylic acids is 1. The average Bonchev–Trinajstić information content (AvgIpc) is 2.49. The molecule has 0 radical (unpaired) electrons. The van der Waals surface area contributed by atoms with Crippen LogP contribution in [0.2, 0.25) is 0 Å². The molecule has 0 fully saturated rings. The van der Waals surface area contributed by atoms with Gasteiger partial charge in [-0.05, 0) is 18.4 Å². The third-order valence-electron chi connectivity index (χ3n) is 2.76. The third kappa shape index (κ3) is 6.32. The Labute approximate surface area is 119 Å². The molecule has 1 rings (SSSR count). The highest BCUT2D eigenvalue weighted by molar-refractivity contribution is 5.81. The van der Waals surface area contributed by atoms with Crippen LogP contribution in [0.1, 0.15) is 12.0 Å². The Bertz CT molecular complexity index is 428. The molecule has 1 unspecified atom stereocenters. The van der Waals surface area contributed by atoms with Gasteiger partial charge in [0.1, 0.15) is 5.92 Å². The monoisotopic (exact) mass is 276 g/mol. The van der Waals surface area contributed by atoms with E-state index in [1.807, 2.05) is 36.4 Å². The van der Waals surface area contributed by atoms with Crippen LogP contribution in [0.3, 0.4) is 0 Å². The summed E-state index contributed by atoms with van der Waals surface area (Å²) in [4.78, 5) is 11.9. The van der Waals surface area contributed by atoms with Gasteiger partial charge < -0.3 is 15.2 Å². The molecule has 0 aliphatic rings. The lowest BCUT2D eigenvalue weighted by molar-refractivity contribution is -0.123. The van der Waals surface area contributed by atoms with Crippen LogP contribution in [0.15, 0.2) is 30.3 Å². The van der Waals surface area contributed by atoms with Crippen LogP contribution in [0.25, 0.3) is 0 Å². The number of nitrogens with zero attached hydrogens (tertiary/aromatic N) is 1. The molecule has 1 amide bonds. The van der Waals surface area contributed by atoms with E-state index in [4.69, 9.17) is 15.1 Å². The molecule has 0 aliphatic carbocycles. The fraction of sp³-hybridized carbons (Fsp3) is 0.467. The van der Waals surface area contributed by atoms with E-state index >= 15 is 0 Å². The molecule has 20 heavy (non-hydrogen) atoms. The van der Waals surface area contributed by atoms with Gasteiger partial charge in [-0.2, -0.15) is 5.26 Å². The van der Waals surface area contributed by atoms with Gasteiger partial charge in [0, 0.05) is 13.2 Å². The van der Waals surface area contributed by atoms with Gasteiger partial charge in [-0.25, -0.2) is 0 Å². The quantitative estimate of drug-likeness (QED) is 0.656. The Hall–Kier alpha value is -1.90. The van der Waals surface area contributed by atoms with Crippen LogP contribution in [-0.2, 0) is 16.0 Å². The van der Waals surface area contributed by atoms with E-state index < -0.39 is 5.92 Å². The van der Waals surface area contributed by atoms with E-state index in [0.29, 0.717) is 32.6 Å². The summed E-state index contributed by atoms with van der Waals surface area (Å²) in [7, 11) is 0. The van der Waals surface area contributed by atoms with E-state index in [-0.39, 0.29) is 12.5 Å². The lowest BCUT2D eigenvalue weighted by Gasteiger charge is -2.10. The number of aliphatic hydroxyl groups is 1. The first kappa shape index (κ1) is 16.2. The summed E-state index contributed by atoms with van der Waals surface area (Å²) in [6.45, 7) is 1.26. The summed E-state index contributed by atoms with van der Waals surface area (Å²) in [5, 5.41) is 20.3. The number of benzene rings is 1. The van der Waals surface area contributed by atoms with Crippen LogP contribution in [0.5, 0.6) is 0 Å². The van der Waals surface area contributed by atoms with E-state index in [0.717, 1.165) is 5.56 Å². The van der Waals surface area contributed by atoms with Crippen molar-refractivity contribution in [3.8, 4) is 6.07 Å². The highest BCUT2D eigenvalue weighted by Crippen LogP contribution is 2.08. The molecule has 1 aromatic rings. The number of amides is 1. The SMILES string of the molecule is N#CC(Cc1ccccc1)C(=O)NCCCOCCO. The van der Waals surface area contributed by atoms with Gasteiger partial charge in [-0.15, -0.1) is 0 Å². The number of carbonyl (C=O) groups is 1. The zero-order valence-corrected chi connectivity index (χ0v) is 11.4. The molecule has 1 aromatic carbocycles. The van der Waals surface area contributed by atoms with Crippen molar-refractivity contribution in [2.75, 3.05) is 26.4 Å². The van der Waals surface area contributed by atoms with Crippen molar-refractivity contribution >= 4 is 5.91 Å². The highest BCUT2D eigenvalue weighted by Gasteiger charge is 2.17.